The Balaban J connectivity index is 2.87. The number of benzene rings is 1. The van der Waals surface area contributed by atoms with Gasteiger partial charge in [-0.1, -0.05) is 12.1 Å². The van der Waals surface area contributed by atoms with Gasteiger partial charge >= 0.3 is 5.97 Å². The number of rotatable bonds is 4. The predicted molar refractivity (Wildman–Crippen MR) is 69.3 cm³/mol. The first-order valence-corrected chi connectivity index (χ1v) is 5.64. The summed E-state index contributed by atoms with van der Waals surface area (Å²) in [5.41, 5.74) is 5.40. The molecule has 98 valence electrons. The molecule has 1 amide bonds. The number of carbonyl (C=O) groups excluding carboxylic acids is 2. The highest BCUT2D eigenvalue weighted by molar-refractivity contribution is 5.96. The van der Waals surface area contributed by atoms with E-state index in [4.69, 9.17) is 10.5 Å². The minimum Gasteiger partial charge on any atom is -0.456 e. The van der Waals surface area contributed by atoms with Gasteiger partial charge in [-0.25, -0.2) is 4.79 Å². The molecule has 1 aromatic rings. The van der Waals surface area contributed by atoms with E-state index in [2.05, 4.69) is 5.32 Å². The second kappa shape index (κ2) is 5.53. The SMILES string of the molecule is CC(C)(C)OC(=O)c1ccccc1NCC(N)=O. The van der Waals surface area contributed by atoms with Crippen LogP contribution in [0.3, 0.4) is 0 Å². The van der Waals surface area contributed by atoms with Crippen LogP contribution >= 0.6 is 0 Å². The minimum atomic E-state index is -0.562. The van der Waals surface area contributed by atoms with Crippen LogP contribution in [-0.4, -0.2) is 24.0 Å². The molecule has 0 heterocycles. The number of primary amides is 1. The van der Waals surface area contributed by atoms with E-state index in [0.29, 0.717) is 11.3 Å². The van der Waals surface area contributed by atoms with Crippen LogP contribution in [0.1, 0.15) is 31.1 Å². The number of hydrogen-bond acceptors (Lipinski definition) is 4. The van der Waals surface area contributed by atoms with Crippen LogP contribution < -0.4 is 11.1 Å². The van der Waals surface area contributed by atoms with Gasteiger partial charge in [0.15, 0.2) is 0 Å². The van der Waals surface area contributed by atoms with Crippen LogP contribution in [-0.2, 0) is 9.53 Å². The van der Waals surface area contributed by atoms with Crippen molar-refractivity contribution in [2.45, 2.75) is 26.4 Å². The number of carbonyl (C=O) groups is 2. The Hall–Kier alpha value is -2.04. The molecule has 1 aromatic carbocycles. The van der Waals surface area contributed by atoms with E-state index < -0.39 is 17.5 Å². The fourth-order valence-electron chi connectivity index (χ4n) is 1.33. The second-order valence-corrected chi connectivity index (χ2v) is 4.87. The van der Waals surface area contributed by atoms with E-state index in [1.54, 1.807) is 45.0 Å². The summed E-state index contributed by atoms with van der Waals surface area (Å²) in [5, 5.41) is 2.80. The fourth-order valence-corrected chi connectivity index (χ4v) is 1.33. The van der Waals surface area contributed by atoms with E-state index >= 15 is 0 Å². The van der Waals surface area contributed by atoms with Gasteiger partial charge in [0.1, 0.15) is 5.60 Å². The third-order valence-electron chi connectivity index (χ3n) is 2.00. The fraction of sp³-hybridized carbons (Fsp3) is 0.385. The Bertz CT molecular complexity index is 450. The first-order chi connectivity index (χ1) is 8.29. The van der Waals surface area contributed by atoms with Gasteiger partial charge in [0.2, 0.25) is 5.91 Å². The van der Waals surface area contributed by atoms with Crippen LogP contribution in [0.5, 0.6) is 0 Å². The molecule has 0 aliphatic rings. The van der Waals surface area contributed by atoms with Gasteiger partial charge in [-0.2, -0.15) is 0 Å². The number of para-hydroxylation sites is 1. The van der Waals surface area contributed by atoms with Crippen molar-refractivity contribution in [3.63, 3.8) is 0 Å². The molecular weight excluding hydrogens is 232 g/mol. The van der Waals surface area contributed by atoms with E-state index in [1.165, 1.54) is 0 Å². The Morgan fingerprint density at radius 3 is 2.44 bits per heavy atom. The number of anilines is 1. The van der Waals surface area contributed by atoms with Crippen LogP contribution in [0.4, 0.5) is 5.69 Å². The summed E-state index contributed by atoms with van der Waals surface area (Å²) >= 11 is 0. The zero-order valence-corrected chi connectivity index (χ0v) is 10.8. The average Bonchev–Trinajstić information content (AvgIpc) is 2.24. The normalized spacial score (nSPS) is 10.8. The van der Waals surface area contributed by atoms with Crippen LogP contribution in [0.15, 0.2) is 24.3 Å². The second-order valence-electron chi connectivity index (χ2n) is 4.87. The Morgan fingerprint density at radius 1 is 1.28 bits per heavy atom. The molecule has 0 atom stereocenters. The monoisotopic (exact) mass is 250 g/mol. The molecule has 18 heavy (non-hydrogen) atoms. The predicted octanol–water partition coefficient (Wildman–Crippen LogP) is 1.54. The topological polar surface area (TPSA) is 81.4 Å². The molecule has 0 radical (unpaired) electrons. The Morgan fingerprint density at radius 2 is 1.89 bits per heavy atom. The van der Waals surface area contributed by atoms with Gasteiger partial charge in [0, 0.05) is 5.69 Å². The standard InChI is InChI=1S/C13H18N2O3/c1-13(2,3)18-12(17)9-6-4-5-7-10(9)15-8-11(14)16/h4-7,15H,8H2,1-3H3,(H2,14,16). The maximum Gasteiger partial charge on any atom is 0.340 e. The summed E-state index contributed by atoms with van der Waals surface area (Å²) < 4.78 is 5.28. The lowest BCUT2D eigenvalue weighted by Crippen LogP contribution is -2.26. The van der Waals surface area contributed by atoms with Crippen LogP contribution in [0.25, 0.3) is 0 Å². The maximum atomic E-state index is 11.9. The summed E-state index contributed by atoms with van der Waals surface area (Å²) in [6.07, 6.45) is 0. The van der Waals surface area contributed by atoms with Crippen molar-refractivity contribution in [3.8, 4) is 0 Å². The molecule has 0 aliphatic heterocycles. The number of ether oxygens (including phenoxy) is 1. The average molecular weight is 250 g/mol. The number of amides is 1. The molecule has 3 N–H and O–H groups in total. The largest absolute Gasteiger partial charge is 0.456 e. The van der Waals surface area contributed by atoms with Gasteiger partial charge in [-0.3, -0.25) is 4.79 Å². The molecule has 5 nitrogen and oxygen atoms in total. The van der Waals surface area contributed by atoms with Crippen molar-refractivity contribution in [1.82, 2.24) is 0 Å². The van der Waals surface area contributed by atoms with Gasteiger partial charge in [0.25, 0.3) is 0 Å². The van der Waals surface area contributed by atoms with Crippen LogP contribution in [0.2, 0.25) is 0 Å². The summed E-state index contributed by atoms with van der Waals surface area (Å²) in [4.78, 5) is 22.7. The smallest absolute Gasteiger partial charge is 0.340 e. The molecule has 0 saturated heterocycles. The Kier molecular flexibility index (Phi) is 4.31. The van der Waals surface area contributed by atoms with Crippen molar-refractivity contribution in [3.05, 3.63) is 29.8 Å². The van der Waals surface area contributed by atoms with E-state index in [0.717, 1.165) is 0 Å². The van der Waals surface area contributed by atoms with Gasteiger partial charge in [-0.05, 0) is 32.9 Å². The van der Waals surface area contributed by atoms with Crippen LogP contribution in [0, 0.1) is 0 Å². The van der Waals surface area contributed by atoms with Crippen molar-refractivity contribution >= 4 is 17.6 Å². The van der Waals surface area contributed by atoms with Gasteiger partial charge < -0.3 is 15.8 Å². The molecule has 0 aliphatic carbocycles. The van der Waals surface area contributed by atoms with Gasteiger partial charge in [-0.15, -0.1) is 0 Å². The maximum absolute atomic E-state index is 11.9. The molecule has 0 aromatic heterocycles. The number of hydrogen-bond donors (Lipinski definition) is 2. The lowest BCUT2D eigenvalue weighted by molar-refractivity contribution is -0.116. The van der Waals surface area contributed by atoms with E-state index in [-0.39, 0.29) is 6.54 Å². The minimum absolute atomic E-state index is 0.0280. The van der Waals surface area contributed by atoms with E-state index in [9.17, 15) is 9.59 Å². The third-order valence-corrected chi connectivity index (χ3v) is 2.00. The quantitative estimate of drug-likeness (QED) is 0.794. The molecule has 0 spiro atoms. The van der Waals surface area contributed by atoms with Crippen molar-refractivity contribution in [2.75, 3.05) is 11.9 Å². The molecular formula is C13H18N2O3. The third kappa shape index (κ3) is 4.45. The molecule has 5 heteroatoms. The highest BCUT2D eigenvalue weighted by Crippen LogP contribution is 2.19. The number of nitrogens with one attached hydrogen (secondary N) is 1. The highest BCUT2D eigenvalue weighted by atomic mass is 16.6. The first kappa shape index (κ1) is 14.0. The summed E-state index contributed by atoms with van der Waals surface area (Å²) in [6.45, 7) is 5.36. The van der Waals surface area contributed by atoms with Crippen molar-refractivity contribution in [2.24, 2.45) is 5.73 Å². The zero-order valence-electron chi connectivity index (χ0n) is 10.8. The lowest BCUT2D eigenvalue weighted by Gasteiger charge is -2.20. The molecule has 1 rings (SSSR count). The molecule has 0 saturated carbocycles. The van der Waals surface area contributed by atoms with Crippen molar-refractivity contribution in [1.29, 1.82) is 0 Å². The zero-order chi connectivity index (χ0) is 13.8. The summed E-state index contributed by atoms with van der Waals surface area (Å²) in [6, 6.07) is 6.82. The van der Waals surface area contributed by atoms with Crippen molar-refractivity contribution < 1.29 is 14.3 Å². The highest BCUT2D eigenvalue weighted by Gasteiger charge is 2.20. The molecule has 0 fully saturated rings. The molecule has 0 bridgehead atoms. The Labute approximate surface area is 106 Å². The first-order valence-electron chi connectivity index (χ1n) is 5.64. The van der Waals surface area contributed by atoms with E-state index in [1.807, 2.05) is 0 Å². The van der Waals surface area contributed by atoms with Gasteiger partial charge in [0.05, 0.1) is 12.1 Å². The number of esters is 1. The number of nitrogens with two attached hydrogens (primary N) is 1. The lowest BCUT2D eigenvalue weighted by atomic mass is 10.1. The summed E-state index contributed by atoms with van der Waals surface area (Å²) in [7, 11) is 0. The molecule has 0 unspecified atom stereocenters. The summed E-state index contributed by atoms with van der Waals surface area (Å²) in [5.74, 6) is -0.927.